The second kappa shape index (κ2) is 20.0. The highest BCUT2D eigenvalue weighted by Gasteiger charge is 2.60. The van der Waals surface area contributed by atoms with Gasteiger partial charge in [-0.3, -0.25) is 14.4 Å². The van der Waals surface area contributed by atoms with E-state index in [4.69, 9.17) is 22.3 Å². The predicted octanol–water partition coefficient (Wildman–Crippen LogP) is 9.00. The van der Waals surface area contributed by atoms with Crippen molar-refractivity contribution < 1.29 is 44.7 Å². The number of benzene rings is 2. The number of carboxylic acids is 1. The largest absolute Gasteiger partial charge is 0.508 e. The number of fused-ring (bicyclic) bond motifs is 2. The lowest BCUT2D eigenvalue weighted by atomic mass is 9.45. The van der Waals surface area contributed by atoms with Crippen molar-refractivity contribution in [1.82, 2.24) is 15.3 Å². The maximum Gasteiger partial charge on any atom is 0.337 e. The Kier molecular flexibility index (Phi) is 15.1. The molecule has 4 aromatic rings. The highest BCUT2D eigenvalue weighted by molar-refractivity contribution is 6.00. The summed E-state index contributed by atoms with van der Waals surface area (Å²) >= 11 is 0. The van der Waals surface area contributed by atoms with E-state index in [1.54, 1.807) is 12.1 Å². The molecule has 372 valence electrons. The number of carbonyl (C=O) groups is 4. The summed E-state index contributed by atoms with van der Waals surface area (Å²) in [6, 6.07) is 14.1. The monoisotopic (exact) mass is 949 g/mol. The van der Waals surface area contributed by atoms with Gasteiger partial charge >= 0.3 is 5.97 Å². The van der Waals surface area contributed by atoms with Gasteiger partial charge in [-0.1, -0.05) is 68.2 Å². The lowest BCUT2D eigenvalue weighted by Gasteiger charge is -2.60. The molecule has 0 bridgehead atoms. The highest BCUT2D eigenvalue weighted by Crippen LogP contribution is 2.63. The molecule has 0 spiro atoms. The van der Waals surface area contributed by atoms with Crippen LogP contribution in [0.15, 0.2) is 73.1 Å². The number of amides is 1. The number of aromatic hydroxyl groups is 4. The molecule has 4 saturated carbocycles. The second-order valence-corrected chi connectivity index (χ2v) is 22.1. The zero-order valence-electron chi connectivity index (χ0n) is 41.2. The molecule has 2 aromatic heterocycles. The Morgan fingerprint density at radius 3 is 1.39 bits per heavy atom. The number of pyridine rings is 2. The lowest BCUT2D eigenvalue weighted by Crippen LogP contribution is -2.60. The molecule has 15 nitrogen and oxygen atoms in total. The Bertz CT molecular complexity index is 2490. The number of carboxylic acid groups (broad SMARTS) is 1. The van der Waals surface area contributed by atoms with Gasteiger partial charge in [-0.2, -0.15) is 0 Å². The Labute approximate surface area is 405 Å². The standard InChI is InChI=1S/C27H35N3O4.C21H31NO3.C6H6N2O2/c1-15-20(30-25(34)16-6-7-22(28)29-14-16)13-21-26(2,3)8-5-9-27(21,4)23(15)24(33)17-10-18(31)12-19(32)11-17;1-12-16(22)11-17-20(2,3)6-5-7-21(17,4)18(12)19(25)13-8-14(23)10-15(24)9-13;7-5-2-1-4(3-8-5)6(9)10/h6-7,10-12,14-15,20-21,23,31-32H,5,8-9,13H2,1-4H3,(H2,28,29)(H,30,34);8-10,12,16-18,23-24H,5-7,11,22H2,1-4H3;1-3H,(H2,7,8)(H,9,10)/t15-,20-,21+,23-,27+;12-,16-,17+,18-,21+;/m11./s1. The minimum atomic E-state index is -0.993. The van der Waals surface area contributed by atoms with Gasteiger partial charge < -0.3 is 48.1 Å². The first-order chi connectivity index (χ1) is 32.2. The number of hydrogen-bond donors (Lipinski definition) is 9. The van der Waals surface area contributed by atoms with E-state index in [1.165, 1.54) is 67.3 Å². The molecule has 4 aliphatic rings. The van der Waals surface area contributed by atoms with Crippen LogP contribution in [0.4, 0.5) is 11.6 Å². The Balaban J connectivity index is 0.000000195. The van der Waals surface area contributed by atoms with E-state index in [2.05, 4.69) is 63.8 Å². The fraction of sp³-hybridized carbons (Fsp3) is 0.519. The van der Waals surface area contributed by atoms with E-state index >= 15 is 0 Å². The fourth-order valence-corrected chi connectivity index (χ4v) is 13.3. The van der Waals surface area contributed by atoms with Crippen LogP contribution in [0.2, 0.25) is 0 Å². The van der Waals surface area contributed by atoms with Crippen molar-refractivity contribution in [2.45, 2.75) is 119 Å². The number of rotatable bonds is 7. The number of Topliss-reactive ketones (excluding diaryl/α,β-unsaturated/α-hetero) is 2. The molecule has 4 fully saturated rings. The number of nitrogens with two attached hydrogens (primary N) is 3. The van der Waals surface area contributed by atoms with E-state index in [9.17, 15) is 39.6 Å². The lowest BCUT2D eigenvalue weighted by molar-refractivity contribution is -0.0902. The number of carbonyl (C=O) groups excluding carboxylic acids is 3. The fourth-order valence-electron chi connectivity index (χ4n) is 13.3. The summed E-state index contributed by atoms with van der Waals surface area (Å²) in [5.41, 5.74) is 18.4. The molecular weight excluding hydrogens is 877 g/mol. The number of phenols is 4. The quantitative estimate of drug-likeness (QED) is 0.0782. The van der Waals surface area contributed by atoms with E-state index in [-0.39, 0.29) is 109 Å². The third kappa shape index (κ3) is 11.0. The zero-order chi connectivity index (χ0) is 51.0. The predicted molar refractivity (Wildman–Crippen MR) is 265 cm³/mol. The van der Waals surface area contributed by atoms with Crippen LogP contribution in [0.25, 0.3) is 0 Å². The van der Waals surface area contributed by atoms with Crippen LogP contribution in [0.1, 0.15) is 148 Å². The van der Waals surface area contributed by atoms with E-state index in [0.29, 0.717) is 34.2 Å². The number of phenolic OH excluding ortho intramolecular Hbond substituents is 4. The van der Waals surface area contributed by atoms with Crippen molar-refractivity contribution in [3.05, 3.63) is 95.3 Å². The second-order valence-electron chi connectivity index (χ2n) is 22.1. The van der Waals surface area contributed by atoms with Gasteiger partial charge in [0.2, 0.25) is 0 Å². The van der Waals surface area contributed by atoms with E-state index in [1.807, 2.05) is 6.92 Å². The number of aromatic nitrogens is 2. The Hall–Kier alpha value is -6.22. The molecule has 0 saturated heterocycles. The summed E-state index contributed by atoms with van der Waals surface area (Å²) < 4.78 is 0. The van der Waals surface area contributed by atoms with Crippen LogP contribution >= 0.6 is 0 Å². The third-order valence-corrected chi connectivity index (χ3v) is 16.7. The molecule has 0 unspecified atom stereocenters. The summed E-state index contributed by atoms with van der Waals surface area (Å²) in [4.78, 5) is 58.3. The number of nitrogens with one attached hydrogen (secondary N) is 1. The molecule has 1 amide bonds. The Morgan fingerprint density at radius 2 is 0.986 bits per heavy atom. The van der Waals surface area contributed by atoms with Crippen molar-refractivity contribution in [2.75, 3.05) is 11.5 Å². The number of anilines is 2. The van der Waals surface area contributed by atoms with Crippen LogP contribution in [-0.4, -0.2) is 71.0 Å². The van der Waals surface area contributed by atoms with Crippen molar-refractivity contribution in [1.29, 1.82) is 0 Å². The van der Waals surface area contributed by atoms with Crippen LogP contribution in [0.5, 0.6) is 23.0 Å². The minimum absolute atomic E-state index is 0.000880. The summed E-state index contributed by atoms with van der Waals surface area (Å²) in [6.45, 7) is 17.7. The zero-order valence-corrected chi connectivity index (χ0v) is 41.2. The van der Waals surface area contributed by atoms with Gasteiger partial charge in [-0.25, -0.2) is 14.8 Å². The van der Waals surface area contributed by atoms with Gasteiger partial charge in [0.05, 0.1) is 11.1 Å². The number of hydrogen-bond acceptors (Lipinski definition) is 13. The smallest absolute Gasteiger partial charge is 0.337 e. The molecule has 10 atom stereocenters. The average molecular weight is 949 g/mol. The number of nitrogens with zero attached hydrogens (tertiary/aromatic N) is 2. The van der Waals surface area contributed by atoms with Gasteiger partial charge in [0.25, 0.3) is 5.91 Å². The molecule has 4 aliphatic carbocycles. The number of aromatic carboxylic acids is 1. The highest BCUT2D eigenvalue weighted by atomic mass is 16.4. The molecule has 0 radical (unpaired) electrons. The van der Waals surface area contributed by atoms with Crippen LogP contribution in [0.3, 0.4) is 0 Å². The molecule has 2 heterocycles. The van der Waals surface area contributed by atoms with Crippen LogP contribution in [0, 0.1) is 57.2 Å². The first-order valence-electron chi connectivity index (χ1n) is 24.1. The summed E-state index contributed by atoms with van der Waals surface area (Å²) in [5, 5.41) is 51.2. The third-order valence-electron chi connectivity index (χ3n) is 16.7. The maximum atomic E-state index is 14.0. The van der Waals surface area contributed by atoms with E-state index in [0.717, 1.165) is 44.9 Å². The van der Waals surface area contributed by atoms with Crippen molar-refractivity contribution in [2.24, 2.45) is 62.9 Å². The molecule has 2 aromatic carbocycles. The van der Waals surface area contributed by atoms with Gasteiger partial charge in [-0.15, -0.1) is 0 Å². The molecular formula is C54H72N6O9. The van der Waals surface area contributed by atoms with Gasteiger partial charge in [0, 0.05) is 59.6 Å². The molecule has 12 N–H and O–H groups in total. The maximum absolute atomic E-state index is 14.0. The molecule has 69 heavy (non-hydrogen) atoms. The summed E-state index contributed by atoms with van der Waals surface area (Å²) in [6.07, 6.45) is 10.8. The average Bonchev–Trinajstić information content (AvgIpc) is 3.25. The molecule has 8 rings (SSSR count). The minimum Gasteiger partial charge on any atom is -0.508 e. The first-order valence-corrected chi connectivity index (χ1v) is 24.1. The van der Waals surface area contributed by atoms with Gasteiger partial charge in [0.1, 0.15) is 34.6 Å². The van der Waals surface area contributed by atoms with Crippen molar-refractivity contribution in [3.63, 3.8) is 0 Å². The van der Waals surface area contributed by atoms with Crippen molar-refractivity contribution >= 4 is 35.1 Å². The normalized spacial score (nSPS) is 29.8. The van der Waals surface area contributed by atoms with Crippen molar-refractivity contribution in [3.8, 4) is 23.0 Å². The Morgan fingerprint density at radius 1 is 0.580 bits per heavy atom. The molecule has 15 heteroatoms. The van der Waals surface area contributed by atoms with E-state index < -0.39 is 5.97 Å². The van der Waals surface area contributed by atoms with Gasteiger partial charge in [-0.05, 0) is 132 Å². The summed E-state index contributed by atoms with van der Waals surface area (Å²) in [7, 11) is 0. The number of nitrogen functional groups attached to an aromatic ring is 2. The van der Waals surface area contributed by atoms with Crippen LogP contribution in [-0.2, 0) is 0 Å². The van der Waals surface area contributed by atoms with Crippen LogP contribution < -0.4 is 22.5 Å². The molecule has 0 aliphatic heterocycles. The number of ketones is 2. The first kappa shape index (κ1) is 52.2. The topological polar surface area (TPSA) is 285 Å². The summed E-state index contributed by atoms with van der Waals surface area (Å²) in [5.74, 6) is -1.10. The SMILES string of the molecule is C[C@@H]1[C@H](N)C[C@H]2C(C)(C)CCC[C@]2(C)[C@H]1C(=O)c1cc(O)cc(O)c1.C[C@@H]1[C@H](NC(=O)c2ccc(N)nc2)C[C@H]2C(C)(C)CCC[C@]2(C)[C@H]1C(=O)c1cc(O)cc(O)c1.Nc1ccc(C(=O)O)cn1. The van der Waals surface area contributed by atoms with Gasteiger partial charge in [0.15, 0.2) is 11.6 Å².